The molecule has 0 heterocycles. The molecule has 1 N–H and O–H groups in total. The van der Waals surface area contributed by atoms with E-state index in [9.17, 15) is 14.4 Å². The Bertz CT molecular complexity index is 432. The van der Waals surface area contributed by atoms with Crippen LogP contribution in [0.15, 0.2) is 30.3 Å². The summed E-state index contributed by atoms with van der Waals surface area (Å²) in [6.07, 6.45) is -0.522. The van der Waals surface area contributed by atoms with Gasteiger partial charge in [0, 0.05) is 0 Å². The zero-order valence-corrected chi connectivity index (χ0v) is 10.5. The summed E-state index contributed by atoms with van der Waals surface area (Å²) in [6.45, 7) is 0.0937. The lowest BCUT2D eigenvalue weighted by Gasteiger charge is -2.11. The fourth-order valence-corrected chi connectivity index (χ4v) is 1.31. The number of esters is 1. The second kappa shape index (κ2) is 7.86. The molecule has 0 aliphatic carbocycles. The Morgan fingerprint density at radius 1 is 1.32 bits per heavy atom. The maximum absolute atomic E-state index is 11.4. The Morgan fingerprint density at radius 3 is 2.58 bits per heavy atom. The third kappa shape index (κ3) is 5.67. The third-order valence-electron chi connectivity index (χ3n) is 2.29. The average Bonchev–Trinajstić information content (AvgIpc) is 2.45. The summed E-state index contributed by atoms with van der Waals surface area (Å²) in [5.74, 6) is -0.583. The molecule has 1 rings (SSSR count). The highest BCUT2D eigenvalue weighted by Crippen LogP contribution is 2.01. The lowest BCUT2D eigenvalue weighted by molar-refractivity contribution is -0.141. The van der Waals surface area contributed by atoms with Crippen LogP contribution in [0.25, 0.3) is 0 Å². The van der Waals surface area contributed by atoms with E-state index >= 15 is 0 Å². The molecular formula is C13H15NO5. The van der Waals surface area contributed by atoms with Gasteiger partial charge in [0.25, 0.3) is 0 Å². The average molecular weight is 265 g/mol. The highest BCUT2D eigenvalue weighted by molar-refractivity contribution is 5.79. The minimum Gasteiger partial charge on any atom is -0.469 e. The topological polar surface area (TPSA) is 81.7 Å². The molecule has 6 heteroatoms. The maximum atomic E-state index is 11.4. The van der Waals surface area contributed by atoms with Crippen molar-refractivity contribution in [1.29, 1.82) is 0 Å². The summed E-state index contributed by atoms with van der Waals surface area (Å²) >= 11 is 0. The summed E-state index contributed by atoms with van der Waals surface area (Å²) in [4.78, 5) is 33.1. The number of carbonyl (C=O) groups is 3. The number of methoxy groups -OCH3 is 1. The van der Waals surface area contributed by atoms with Crippen LogP contribution in [0.1, 0.15) is 12.0 Å². The quantitative estimate of drug-likeness (QED) is 0.614. The molecule has 0 saturated carbocycles. The fraction of sp³-hybridized carbons (Fsp3) is 0.308. The van der Waals surface area contributed by atoms with Crippen LogP contribution in [0.3, 0.4) is 0 Å². The minimum atomic E-state index is -0.948. The largest absolute Gasteiger partial charge is 0.469 e. The van der Waals surface area contributed by atoms with Crippen molar-refractivity contribution >= 4 is 18.3 Å². The highest BCUT2D eigenvalue weighted by Gasteiger charge is 2.16. The molecule has 0 aliphatic rings. The monoisotopic (exact) mass is 265 g/mol. The van der Waals surface area contributed by atoms with Crippen molar-refractivity contribution in [3.8, 4) is 0 Å². The van der Waals surface area contributed by atoms with Gasteiger partial charge in [0.1, 0.15) is 12.9 Å². The first-order valence-corrected chi connectivity index (χ1v) is 5.65. The molecule has 1 aromatic carbocycles. The Hall–Kier alpha value is -2.37. The van der Waals surface area contributed by atoms with E-state index in [1.165, 1.54) is 7.11 Å². The van der Waals surface area contributed by atoms with Gasteiger partial charge in [-0.25, -0.2) is 4.79 Å². The van der Waals surface area contributed by atoms with Gasteiger partial charge in [-0.3, -0.25) is 4.79 Å². The molecule has 0 fully saturated rings. The zero-order chi connectivity index (χ0) is 14.1. The molecule has 102 valence electrons. The van der Waals surface area contributed by atoms with Crippen molar-refractivity contribution < 1.29 is 23.9 Å². The van der Waals surface area contributed by atoms with E-state index in [0.29, 0.717) is 6.29 Å². The van der Waals surface area contributed by atoms with Crippen LogP contribution in [0, 0.1) is 0 Å². The number of ether oxygens (including phenoxy) is 2. The standard InChI is InChI=1S/C13H15NO5/c1-18-12(16)7-11(8-15)14-13(17)19-9-10-5-3-2-4-6-10/h2-6,8,11H,7,9H2,1H3,(H,14,17). The van der Waals surface area contributed by atoms with E-state index in [1.807, 2.05) is 18.2 Å². The van der Waals surface area contributed by atoms with Gasteiger partial charge in [0.15, 0.2) is 0 Å². The first-order chi connectivity index (χ1) is 9.15. The molecule has 0 aromatic heterocycles. The van der Waals surface area contributed by atoms with Crippen LogP contribution in [-0.2, 0) is 25.7 Å². The summed E-state index contributed by atoms with van der Waals surface area (Å²) in [5.41, 5.74) is 0.827. The Labute approximate surface area is 110 Å². The van der Waals surface area contributed by atoms with Crippen LogP contribution in [0.4, 0.5) is 4.79 Å². The van der Waals surface area contributed by atoms with Crippen molar-refractivity contribution in [3.63, 3.8) is 0 Å². The maximum Gasteiger partial charge on any atom is 0.408 e. The molecule has 0 bridgehead atoms. The number of nitrogens with one attached hydrogen (secondary N) is 1. The number of hydrogen-bond acceptors (Lipinski definition) is 5. The van der Waals surface area contributed by atoms with Crippen molar-refractivity contribution in [2.75, 3.05) is 7.11 Å². The molecule has 1 amide bonds. The SMILES string of the molecule is COC(=O)CC(C=O)NC(=O)OCc1ccccc1. The molecule has 1 atom stereocenters. The van der Waals surface area contributed by atoms with Gasteiger partial charge in [-0.1, -0.05) is 30.3 Å². The van der Waals surface area contributed by atoms with E-state index in [2.05, 4.69) is 10.1 Å². The van der Waals surface area contributed by atoms with Crippen molar-refractivity contribution in [2.45, 2.75) is 19.1 Å². The number of alkyl carbamates (subject to hydrolysis) is 1. The third-order valence-corrected chi connectivity index (χ3v) is 2.29. The summed E-state index contributed by atoms with van der Waals surface area (Å²) in [7, 11) is 1.21. The van der Waals surface area contributed by atoms with Crippen molar-refractivity contribution in [2.24, 2.45) is 0 Å². The molecular weight excluding hydrogens is 250 g/mol. The molecule has 0 saturated heterocycles. The predicted molar refractivity (Wildman–Crippen MR) is 66.2 cm³/mol. The van der Waals surface area contributed by atoms with Crippen LogP contribution in [0.5, 0.6) is 0 Å². The first-order valence-electron chi connectivity index (χ1n) is 5.65. The van der Waals surface area contributed by atoms with Crippen LogP contribution in [0.2, 0.25) is 0 Å². The minimum absolute atomic E-state index is 0.0937. The fourth-order valence-electron chi connectivity index (χ4n) is 1.31. The molecule has 0 radical (unpaired) electrons. The van der Waals surface area contributed by atoms with Crippen LogP contribution in [-0.4, -0.2) is 31.5 Å². The number of rotatable bonds is 6. The van der Waals surface area contributed by atoms with Gasteiger partial charge in [0.05, 0.1) is 19.6 Å². The number of hydrogen-bond donors (Lipinski definition) is 1. The Kier molecular flexibility index (Phi) is 6.08. The second-order valence-electron chi connectivity index (χ2n) is 3.73. The predicted octanol–water partition coefficient (Wildman–Crippen LogP) is 1.04. The zero-order valence-electron chi connectivity index (χ0n) is 10.5. The second-order valence-corrected chi connectivity index (χ2v) is 3.73. The lowest BCUT2D eigenvalue weighted by atomic mass is 10.2. The van der Waals surface area contributed by atoms with Gasteiger partial charge in [-0.05, 0) is 5.56 Å². The Balaban J connectivity index is 2.37. The van der Waals surface area contributed by atoms with E-state index in [-0.39, 0.29) is 13.0 Å². The van der Waals surface area contributed by atoms with Crippen LogP contribution < -0.4 is 5.32 Å². The summed E-state index contributed by atoms with van der Waals surface area (Å²) in [5, 5.41) is 2.27. The van der Waals surface area contributed by atoms with Gasteiger partial charge in [0.2, 0.25) is 0 Å². The smallest absolute Gasteiger partial charge is 0.408 e. The molecule has 6 nitrogen and oxygen atoms in total. The molecule has 1 aromatic rings. The van der Waals surface area contributed by atoms with Gasteiger partial charge < -0.3 is 19.6 Å². The summed E-state index contributed by atoms with van der Waals surface area (Å²) < 4.78 is 9.32. The number of aldehydes is 1. The van der Waals surface area contributed by atoms with E-state index in [0.717, 1.165) is 5.56 Å². The van der Waals surface area contributed by atoms with E-state index in [1.54, 1.807) is 12.1 Å². The lowest BCUT2D eigenvalue weighted by Crippen LogP contribution is -2.38. The number of benzene rings is 1. The van der Waals surface area contributed by atoms with Gasteiger partial charge >= 0.3 is 12.1 Å². The van der Waals surface area contributed by atoms with E-state index < -0.39 is 18.1 Å². The molecule has 0 aliphatic heterocycles. The number of carbonyl (C=O) groups excluding carboxylic acids is 3. The normalized spacial score (nSPS) is 11.2. The van der Waals surface area contributed by atoms with Gasteiger partial charge in [-0.2, -0.15) is 0 Å². The molecule has 19 heavy (non-hydrogen) atoms. The Morgan fingerprint density at radius 2 is 2.00 bits per heavy atom. The molecule has 1 unspecified atom stereocenters. The van der Waals surface area contributed by atoms with Crippen LogP contribution >= 0.6 is 0 Å². The van der Waals surface area contributed by atoms with Gasteiger partial charge in [-0.15, -0.1) is 0 Å². The molecule has 0 spiro atoms. The van der Waals surface area contributed by atoms with E-state index in [4.69, 9.17) is 4.74 Å². The first kappa shape index (κ1) is 14.7. The summed E-state index contributed by atoms with van der Waals surface area (Å²) in [6, 6.07) is 8.15. The highest BCUT2D eigenvalue weighted by atomic mass is 16.5. The van der Waals surface area contributed by atoms with Crippen molar-refractivity contribution in [3.05, 3.63) is 35.9 Å². The number of amides is 1. The van der Waals surface area contributed by atoms with Crippen molar-refractivity contribution in [1.82, 2.24) is 5.32 Å².